The zero-order valence-corrected chi connectivity index (χ0v) is 18.3. The van der Waals surface area contributed by atoms with Gasteiger partial charge in [-0.2, -0.15) is 0 Å². The molecule has 0 amide bonds. The molecular weight excluding hydrogens is 429 g/mol. The Morgan fingerprint density at radius 2 is 0.760 bits per heavy atom. The van der Waals surface area contributed by atoms with Crippen LogP contribution in [-0.2, 0) is 0 Å². The Bertz CT molecular complexity index is 255. The summed E-state index contributed by atoms with van der Waals surface area (Å²) < 4.78 is 2.83. The Morgan fingerprint density at radius 1 is 0.480 bits per heavy atom. The molecule has 4 N–H and O–H groups in total. The second-order valence-corrected chi connectivity index (χ2v) is 7.96. The Labute approximate surface area is 169 Å². The molecule has 0 radical (unpaired) electrons. The first-order valence-corrected chi connectivity index (χ1v) is 11.6. The minimum absolute atomic E-state index is 0.333. The zero-order chi connectivity index (χ0) is 18.6. The molecule has 0 aliphatic heterocycles. The van der Waals surface area contributed by atoms with E-state index in [1.165, 1.54) is 83.5 Å². The highest BCUT2D eigenvalue weighted by Gasteiger charge is 2.00. The van der Waals surface area contributed by atoms with Crippen LogP contribution in [0.4, 0.5) is 0 Å². The largest absolute Gasteiger partial charge is 0.378 e. The summed E-state index contributed by atoms with van der Waals surface area (Å²) in [5, 5.41) is 26.9. The van der Waals surface area contributed by atoms with Gasteiger partial charge in [0.25, 0.3) is 0 Å². The van der Waals surface area contributed by atoms with Crippen LogP contribution in [0, 0.1) is 0 Å². The number of hydrogen-bond acceptors (Lipinski definition) is 4. The van der Waals surface area contributed by atoms with Crippen LogP contribution in [0.3, 0.4) is 0 Å². The molecule has 1 unspecified atom stereocenters. The van der Waals surface area contributed by atoms with E-state index in [0.29, 0.717) is 6.42 Å². The number of aliphatic hydroxyl groups is 3. The Morgan fingerprint density at radius 3 is 1.04 bits per heavy atom. The van der Waals surface area contributed by atoms with Gasteiger partial charge in [0.2, 0.25) is 0 Å². The standard InChI is InChI=1S/C20H42INO3/c21-22-19(23)17-15-13-11-9-7-5-3-1-2-4-6-8-10-12-14-16-18-20(24)25/h19-20,22-25H,1-18H2. The van der Waals surface area contributed by atoms with Gasteiger partial charge >= 0.3 is 0 Å². The number of halogens is 1. The lowest BCUT2D eigenvalue weighted by Crippen LogP contribution is -2.18. The van der Waals surface area contributed by atoms with Crippen molar-refractivity contribution in [1.82, 2.24) is 3.53 Å². The molecule has 0 aliphatic rings. The highest BCUT2D eigenvalue weighted by atomic mass is 127. The highest BCUT2D eigenvalue weighted by Crippen LogP contribution is 2.14. The average Bonchev–Trinajstić information content (AvgIpc) is 2.60. The van der Waals surface area contributed by atoms with Gasteiger partial charge in [0.15, 0.2) is 6.29 Å². The number of unbranched alkanes of at least 4 members (excludes halogenated alkanes) is 15. The minimum atomic E-state index is -1.11. The monoisotopic (exact) mass is 471 g/mol. The summed E-state index contributed by atoms with van der Waals surface area (Å²) in [6, 6.07) is 0. The third-order valence-corrected chi connectivity index (χ3v) is 5.53. The summed E-state index contributed by atoms with van der Waals surface area (Å²) in [6.45, 7) is 0. The minimum Gasteiger partial charge on any atom is -0.378 e. The van der Waals surface area contributed by atoms with Gasteiger partial charge in [-0.1, -0.05) is 89.9 Å². The van der Waals surface area contributed by atoms with Crippen molar-refractivity contribution >= 4 is 22.9 Å². The first-order valence-electron chi connectivity index (χ1n) is 10.6. The maximum Gasteiger partial charge on any atom is 0.151 e. The topological polar surface area (TPSA) is 72.7 Å². The van der Waals surface area contributed by atoms with E-state index < -0.39 is 6.29 Å². The number of rotatable bonds is 20. The quantitative estimate of drug-likeness (QED) is 0.0810. The summed E-state index contributed by atoms with van der Waals surface area (Å²) in [5.41, 5.74) is 0. The van der Waals surface area contributed by atoms with E-state index in [-0.39, 0.29) is 6.23 Å². The van der Waals surface area contributed by atoms with Gasteiger partial charge in [0.05, 0.1) is 0 Å². The molecule has 0 aromatic heterocycles. The lowest BCUT2D eigenvalue weighted by atomic mass is 10.0. The Balaban J connectivity index is 3.01. The van der Waals surface area contributed by atoms with Gasteiger partial charge in [-0.15, -0.1) is 0 Å². The second kappa shape index (κ2) is 20.9. The van der Waals surface area contributed by atoms with Crippen molar-refractivity contribution in [1.29, 1.82) is 0 Å². The van der Waals surface area contributed by atoms with Crippen LogP contribution in [0.2, 0.25) is 0 Å². The van der Waals surface area contributed by atoms with Crippen LogP contribution in [0.25, 0.3) is 0 Å². The molecule has 0 aromatic carbocycles. The molecule has 0 saturated heterocycles. The molecule has 0 heterocycles. The smallest absolute Gasteiger partial charge is 0.151 e. The van der Waals surface area contributed by atoms with Crippen LogP contribution < -0.4 is 3.53 Å². The first-order chi connectivity index (χ1) is 12.2. The van der Waals surface area contributed by atoms with E-state index in [1.54, 1.807) is 0 Å². The first kappa shape index (κ1) is 25.6. The third-order valence-electron chi connectivity index (χ3n) is 4.82. The fraction of sp³-hybridized carbons (Fsp3) is 1.00. The lowest BCUT2D eigenvalue weighted by Gasteiger charge is -2.07. The van der Waals surface area contributed by atoms with E-state index >= 15 is 0 Å². The summed E-state index contributed by atoms with van der Waals surface area (Å²) in [6.07, 6.45) is 20.6. The van der Waals surface area contributed by atoms with Crippen molar-refractivity contribution < 1.29 is 15.3 Å². The number of hydrogen-bond donors (Lipinski definition) is 4. The van der Waals surface area contributed by atoms with Crippen LogP contribution in [0.1, 0.15) is 116 Å². The molecule has 1 atom stereocenters. The Hall–Kier alpha value is 0.570. The van der Waals surface area contributed by atoms with Gasteiger partial charge in [-0.05, 0) is 25.7 Å². The van der Waals surface area contributed by atoms with Gasteiger partial charge in [-0.3, -0.25) is 0 Å². The Kier molecular flexibility index (Phi) is 21.4. The van der Waals surface area contributed by atoms with E-state index in [4.69, 9.17) is 10.2 Å². The summed E-state index contributed by atoms with van der Waals surface area (Å²) in [7, 11) is 0. The van der Waals surface area contributed by atoms with Crippen molar-refractivity contribution in [3.63, 3.8) is 0 Å². The van der Waals surface area contributed by atoms with Gasteiger partial charge in [0, 0.05) is 22.9 Å². The number of aliphatic hydroxyl groups excluding tert-OH is 2. The molecule has 0 rings (SSSR count). The molecule has 0 fully saturated rings. The van der Waals surface area contributed by atoms with Crippen molar-refractivity contribution in [2.45, 2.75) is 128 Å². The molecule has 0 saturated carbocycles. The predicted octanol–water partition coefficient (Wildman–Crippen LogP) is 5.58. The molecule has 25 heavy (non-hydrogen) atoms. The second-order valence-electron chi connectivity index (χ2n) is 7.34. The average molecular weight is 471 g/mol. The summed E-state index contributed by atoms with van der Waals surface area (Å²) in [4.78, 5) is 0. The highest BCUT2D eigenvalue weighted by molar-refractivity contribution is 14.1. The van der Waals surface area contributed by atoms with Crippen LogP contribution >= 0.6 is 22.9 Å². The molecular formula is C20H42INO3. The van der Waals surface area contributed by atoms with Crippen molar-refractivity contribution in [2.24, 2.45) is 0 Å². The molecule has 4 nitrogen and oxygen atoms in total. The normalized spacial score (nSPS) is 12.8. The molecule has 5 heteroatoms. The maximum absolute atomic E-state index is 9.37. The molecule has 0 spiro atoms. The van der Waals surface area contributed by atoms with Gasteiger partial charge in [0.1, 0.15) is 6.23 Å². The lowest BCUT2D eigenvalue weighted by molar-refractivity contribution is -0.0466. The molecule has 0 aliphatic carbocycles. The zero-order valence-electron chi connectivity index (χ0n) is 16.1. The van der Waals surface area contributed by atoms with Gasteiger partial charge in [-0.25, -0.2) is 3.53 Å². The van der Waals surface area contributed by atoms with Gasteiger partial charge < -0.3 is 15.3 Å². The van der Waals surface area contributed by atoms with Crippen molar-refractivity contribution in [3.05, 3.63) is 0 Å². The van der Waals surface area contributed by atoms with Crippen LogP contribution in [0.15, 0.2) is 0 Å². The molecule has 0 bridgehead atoms. The molecule has 0 aromatic rings. The van der Waals surface area contributed by atoms with E-state index in [9.17, 15) is 5.11 Å². The molecule has 152 valence electrons. The van der Waals surface area contributed by atoms with E-state index in [1.807, 2.05) is 22.9 Å². The fourth-order valence-corrected chi connectivity index (χ4v) is 3.51. The maximum atomic E-state index is 9.37. The third kappa shape index (κ3) is 22.5. The number of nitrogens with one attached hydrogen (secondary N) is 1. The van der Waals surface area contributed by atoms with E-state index in [2.05, 4.69) is 3.53 Å². The van der Waals surface area contributed by atoms with Crippen molar-refractivity contribution in [3.8, 4) is 0 Å². The SMILES string of the molecule is OC(O)CCCCCCCCCCCCCCCCCCC(O)NI. The fourth-order valence-electron chi connectivity index (χ4n) is 3.19. The summed E-state index contributed by atoms with van der Waals surface area (Å²) in [5.74, 6) is 0. The predicted molar refractivity (Wildman–Crippen MR) is 114 cm³/mol. The van der Waals surface area contributed by atoms with Crippen molar-refractivity contribution in [2.75, 3.05) is 0 Å². The van der Waals surface area contributed by atoms with Crippen LogP contribution in [-0.4, -0.2) is 27.8 Å². The van der Waals surface area contributed by atoms with E-state index in [0.717, 1.165) is 25.7 Å². The van der Waals surface area contributed by atoms with Crippen LogP contribution in [0.5, 0.6) is 0 Å². The summed E-state index contributed by atoms with van der Waals surface area (Å²) >= 11 is 2.00.